The summed E-state index contributed by atoms with van der Waals surface area (Å²) in [7, 11) is 0. The van der Waals surface area contributed by atoms with Crippen LogP contribution in [0.2, 0.25) is 5.02 Å². The van der Waals surface area contributed by atoms with Crippen molar-refractivity contribution in [3.8, 4) is 0 Å². The second-order valence-corrected chi connectivity index (χ2v) is 5.26. The predicted octanol–water partition coefficient (Wildman–Crippen LogP) is 3.88. The second-order valence-electron chi connectivity index (χ2n) is 4.86. The molecule has 1 aliphatic carbocycles. The van der Waals surface area contributed by atoms with Gasteiger partial charge in [0.25, 0.3) is 0 Å². The summed E-state index contributed by atoms with van der Waals surface area (Å²) in [6.07, 6.45) is 5.92. The van der Waals surface area contributed by atoms with Gasteiger partial charge in [-0.15, -0.1) is 0 Å². The van der Waals surface area contributed by atoms with Crippen molar-refractivity contribution in [1.29, 1.82) is 0 Å². The molecule has 1 aromatic heterocycles. The Balaban J connectivity index is 1.73. The van der Waals surface area contributed by atoms with Crippen molar-refractivity contribution in [2.45, 2.75) is 18.3 Å². The Morgan fingerprint density at radius 3 is 2.61 bits per heavy atom. The molecule has 1 fully saturated rings. The molecule has 0 spiro atoms. The van der Waals surface area contributed by atoms with Crippen molar-refractivity contribution in [2.75, 3.05) is 11.9 Å². The number of benzene rings is 1. The van der Waals surface area contributed by atoms with Crippen LogP contribution in [0.25, 0.3) is 0 Å². The average Bonchev–Trinajstić information content (AvgIpc) is 3.20. The second kappa shape index (κ2) is 4.62. The third kappa shape index (κ3) is 2.21. The van der Waals surface area contributed by atoms with Gasteiger partial charge in [-0.25, -0.2) is 0 Å². The summed E-state index contributed by atoms with van der Waals surface area (Å²) < 4.78 is 0. The van der Waals surface area contributed by atoms with Crippen LogP contribution >= 0.6 is 11.6 Å². The first-order chi connectivity index (χ1) is 8.80. The van der Waals surface area contributed by atoms with Crippen LogP contribution < -0.4 is 5.32 Å². The van der Waals surface area contributed by atoms with Crippen LogP contribution in [0, 0.1) is 0 Å². The van der Waals surface area contributed by atoms with Gasteiger partial charge < -0.3 is 5.32 Å². The minimum atomic E-state index is 0.299. The van der Waals surface area contributed by atoms with Crippen LogP contribution in [0.1, 0.15) is 18.4 Å². The van der Waals surface area contributed by atoms with Gasteiger partial charge in [0, 0.05) is 24.4 Å². The molecule has 2 aromatic rings. The van der Waals surface area contributed by atoms with Crippen molar-refractivity contribution in [3.05, 3.63) is 59.4 Å². The molecule has 3 heteroatoms. The number of anilines is 1. The van der Waals surface area contributed by atoms with Crippen molar-refractivity contribution in [3.63, 3.8) is 0 Å². The topological polar surface area (TPSA) is 24.9 Å². The Morgan fingerprint density at radius 2 is 1.94 bits per heavy atom. The Hall–Kier alpha value is -1.54. The minimum absolute atomic E-state index is 0.299. The first kappa shape index (κ1) is 11.5. The van der Waals surface area contributed by atoms with Crippen molar-refractivity contribution >= 4 is 17.3 Å². The largest absolute Gasteiger partial charge is 0.383 e. The lowest BCUT2D eigenvalue weighted by atomic mass is 9.96. The number of rotatable bonds is 4. The highest BCUT2D eigenvalue weighted by atomic mass is 35.5. The van der Waals surface area contributed by atoms with Crippen molar-refractivity contribution in [1.82, 2.24) is 4.98 Å². The summed E-state index contributed by atoms with van der Waals surface area (Å²) in [5, 5.41) is 4.12. The fourth-order valence-corrected chi connectivity index (χ4v) is 2.48. The van der Waals surface area contributed by atoms with Gasteiger partial charge in [0.1, 0.15) is 0 Å². The molecular weight excluding hydrogens is 244 g/mol. The van der Waals surface area contributed by atoms with Crippen LogP contribution in [0.4, 0.5) is 5.69 Å². The van der Waals surface area contributed by atoms with Gasteiger partial charge in [-0.05, 0) is 24.5 Å². The quantitative estimate of drug-likeness (QED) is 0.900. The van der Waals surface area contributed by atoms with E-state index in [0.29, 0.717) is 10.4 Å². The summed E-state index contributed by atoms with van der Waals surface area (Å²) in [4.78, 5) is 3.99. The summed E-state index contributed by atoms with van der Waals surface area (Å²) in [5.74, 6) is 0. The van der Waals surface area contributed by atoms with Gasteiger partial charge >= 0.3 is 0 Å². The number of hydrogen-bond acceptors (Lipinski definition) is 2. The zero-order valence-electron chi connectivity index (χ0n) is 10.1. The number of pyridine rings is 1. The van der Waals surface area contributed by atoms with E-state index in [-0.39, 0.29) is 0 Å². The summed E-state index contributed by atoms with van der Waals surface area (Å²) in [6.45, 7) is 0.931. The van der Waals surface area contributed by atoms with Gasteiger partial charge in [0.2, 0.25) is 0 Å². The molecule has 92 valence electrons. The lowest BCUT2D eigenvalue weighted by Gasteiger charge is -2.17. The standard InChI is InChI=1S/C15H15ClN2/c16-13-10-17-9-6-14(13)18-11-15(7-8-15)12-4-2-1-3-5-12/h1-6,9-10H,7-8,11H2,(H,17,18). The number of halogens is 1. The molecule has 1 N–H and O–H groups in total. The normalized spacial score (nSPS) is 16.3. The average molecular weight is 259 g/mol. The van der Waals surface area contributed by atoms with Crippen LogP contribution in [0.5, 0.6) is 0 Å². The third-order valence-corrected chi connectivity index (χ3v) is 3.93. The van der Waals surface area contributed by atoms with Gasteiger partial charge in [0.05, 0.1) is 10.7 Å². The fraction of sp³-hybridized carbons (Fsp3) is 0.267. The highest BCUT2D eigenvalue weighted by Gasteiger charge is 2.43. The van der Waals surface area contributed by atoms with E-state index in [1.807, 2.05) is 6.07 Å². The lowest BCUT2D eigenvalue weighted by molar-refractivity contribution is 0.732. The molecule has 0 saturated heterocycles. The molecule has 0 bridgehead atoms. The summed E-state index contributed by atoms with van der Waals surface area (Å²) in [6, 6.07) is 12.6. The van der Waals surface area contributed by atoms with Crippen molar-refractivity contribution < 1.29 is 0 Å². The number of nitrogens with one attached hydrogen (secondary N) is 1. The van der Waals surface area contributed by atoms with E-state index in [2.05, 4.69) is 40.6 Å². The van der Waals surface area contributed by atoms with Crippen LogP contribution in [-0.2, 0) is 5.41 Å². The van der Waals surface area contributed by atoms with Crippen LogP contribution in [-0.4, -0.2) is 11.5 Å². The van der Waals surface area contributed by atoms with Crippen molar-refractivity contribution in [2.24, 2.45) is 0 Å². The number of aromatic nitrogens is 1. The maximum atomic E-state index is 6.09. The predicted molar refractivity (Wildman–Crippen MR) is 75.1 cm³/mol. The van der Waals surface area contributed by atoms with E-state index in [9.17, 15) is 0 Å². The molecule has 0 amide bonds. The van der Waals surface area contributed by atoms with E-state index < -0.39 is 0 Å². The van der Waals surface area contributed by atoms with Crippen LogP contribution in [0.3, 0.4) is 0 Å². The molecule has 0 radical (unpaired) electrons. The monoisotopic (exact) mass is 258 g/mol. The van der Waals surface area contributed by atoms with Gasteiger partial charge in [0.15, 0.2) is 0 Å². The first-order valence-corrected chi connectivity index (χ1v) is 6.57. The highest BCUT2D eigenvalue weighted by Crippen LogP contribution is 2.48. The molecule has 1 aromatic carbocycles. The molecular formula is C15H15ClN2. The smallest absolute Gasteiger partial charge is 0.0820 e. The molecule has 18 heavy (non-hydrogen) atoms. The molecule has 1 aliphatic rings. The Bertz CT molecular complexity index is 535. The number of nitrogens with zero attached hydrogens (tertiary/aromatic N) is 1. The molecule has 2 nitrogen and oxygen atoms in total. The van der Waals surface area contributed by atoms with E-state index in [1.165, 1.54) is 18.4 Å². The highest BCUT2D eigenvalue weighted by molar-refractivity contribution is 6.33. The number of hydrogen-bond donors (Lipinski definition) is 1. The molecule has 0 aliphatic heterocycles. The minimum Gasteiger partial charge on any atom is -0.383 e. The molecule has 0 atom stereocenters. The molecule has 1 heterocycles. The Morgan fingerprint density at radius 1 is 1.17 bits per heavy atom. The van der Waals surface area contributed by atoms with Crippen LogP contribution in [0.15, 0.2) is 48.8 Å². The lowest BCUT2D eigenvalue weighted by Crippen LogP contribution is -2.19. The molecule has 0 unspecified atom stereocenters. The Labute approximate surface area is 112 Å². The van der Waals surface area contributed by atoms with E-state index in [0.717, 1.165) is 12.2 Å². The third-order valence-electron chi connectivity index (χ3n) is 3.63. The Kier molecular flexibility index (Phi) is 2.96. The van der Waals surface area contributed by atoms with E-state index in [1.54, 1.807) is 12.4 Å². The molecule has 1 saturated carbocycles. The zero-order valence-corrected chi connectivity index (χ0v) is 10.8. The van der Waals surface area contributed by atoms with Gasteiger partial charge in [-0.1, -0.05) is 41.9 Å². The van der Waals surface area contributed by atoms with Gasteiger partial charge in [-0.3, -0.25) is 4.98 Å². The first-order valence-electron chi connectivity index (χ1n) is 6.19. The zero-order chi connectivity index (χ0) is 12.4. The van der Waals surface area contributed by atoms with Gasteiger partial charge in [-0.2, -0.15) is 0 Å². The van der Waals surface area contributed by atoms with E-state index in [4.69, 9.17) is 11.6 Å². The maximum Gasteiger partial charge on any atom is 0.0820 e. The van der Waals surface area contributed by atoms with E-state index >= 15 is 0 Å². The SMILES string of the molecule is Clc1cnccc1NCC1(c2ccccc2)CC1. The summed E-state index contributed by atoms with van der Waals surface area (Å²) >= 11 is 6.09. The fourth-order valence-electron chi connectivity index (χ4n) is 2.29. The maximum absolute atomic E-state index is 6.09. The summed E-state index contributed by atoms with van der Waals surface area (Å²) in [5.41, 5.74) is 2.69. The molecule has 3 rings (SSSR count).